The maximum absolute atomic E-state index is 0. The van der Waals surface area contributed by atoms with Gasteiger partial charge in [-0.2, -0.15) is 0 Å². The van der Waals surface area contributed by atoms with Crippen molar-refractivity contribution in [1.29, 1.82) is 0 Å². The van der Waals surface area contributed by atoms with Gasteiger partial charge in [-0.3, -0.25) is 0 Å². The molecule has 0 spiro atoms. The van der Waals surface area contributed by atoms with Crippen LogP contribution < -0.4 is 0 Å². The summed E-state index contributed by atoms with van der Waals surface area (Å²) in [4.78, 5) is 0. The Hall–Kier alpha value is 3.03. The van der Waals surface area contributed by atoms with Gasteiger partial charge < -0.3 is 0 Å². The Morgan fingerprint density at radius 3 is 1.00 bits per heavy atom. The van der Waals surface area contributed by atoms with Crippen LogP contribution in [0.1, 0.15) is 0 Å². The van der Waals surface area contributed by atoms with Crippen molar-refractivity contribution in [3.8, 4) is 0 Å². The van der Waals surface area contributed by atoms with E-state index >= 15 is 0 Å². The minimum atomic E-state index is 0. The average Bonchev–Trinajstić information content (AvgIpc) is 0. The molecule has 0 saturated carbocycles. The van der Waals surface area contributed by atoms with E-state index in [1.807, 2.05) is 0 Å². The van der Waals surface area contributed by atoms with Gasteiger partial charge in [0, 0.05) is 94.1 Å². The van der Waals surface area contributed by atoms with Gasteiger partial charge in [-0.1, -0.05) is 0 Å². The Morgan fingerprint density at radius 2 is 1.00 bits per heavy atom. The topological polar surface area (TPSA) is 0 Å². The van der Waals surface area contributed by atoms with E-state index in [0.717, 1.165) is 0 Å². The van der Waals surface area contributed by atoms with Gasteiger partial charge in [-0.15, -0.1) is 0 Å². The Balaban J connectivity index is 0. The van der Waals surface area contributed by atoms with Crippen LogP contribution in [0.4, 0.5) is 0 Å². The summed E-state index contributed by atoms with van der Waals surface area (Å²) in [5, 5.41) is 0. The maximum Gasteiger partial charge on any atom is 0 e. The van der Waals surface area contributed by atoms with Crippen molar-refractivity contribution in [2.24, 2.45) is 0 Å². The Morgan fingerprint density at radius 1 is 1.00 bits per heavy atom. The molecule has 5 radical (unpaired) electrons. The molecule has 0 nitrogen and oxygen atoms in total. The summed E-state index contributed by atoms with van der Waals surface area (Å²) in [5.41, 5.74) is 0. The molecule has 0 amide bonds. The molecule has 0 N–H and O–H groups in total. The number of hydrogen-bond acceptors (Lipinski definition) is 0. The fourth-order valence-electron chi connectivity index (χ4n) is 0. The summed E-state index contributed by atoms with van der Waals surface area (Å²) < 4.78 is 0. The van der Waals surface area contributed by atoms with Crippen molar-refractivity contribution in [3.05, 3.63) is 0 Å². The van der Waals surface area contributed by atoms with E-state index in [4.69, 9.17) is 0 Å². The third-order valence-electron chi connectivity index (χ3n) is 0. The van der Waals surface area contributed by atoms with E-state index < -0.39 is 0 Å². The number of hydrogen-bond donors (Lipinski definition) is 0. The van der Waals surface area contributed by atoms with Gasteiger partial charge >= 0.3 is 0 Å². The molecular weight excluding hydrogens is 182 g/mol. The molecule has 0 aromatic rings. The van der Waals surface area contributed by atoms with E-state index in [0.29, 0.717) is 0 Å². The first-order valence-corrected chi connectivity index (χ1v) is 0. The van der Waals surface area contributed by atoms with Crippen molar-refractivity contribution in [3.63, 3.8) is 0 Å². The van der Waals surface area contributed by atoms with Crippen LogP contribution in [-0.4, -0.2) is 60.8 Å². The average molecular weight is 182 g/mol. The third kappa shape index (κ3) is 8.90. The zero-order valence-corrected chi connectivity index (χ0v) is 7.72. The van der Waals surface area contributed by atoms with Crippen LogP contribution in [0.2, 0.25) is 0 Å². The fraction of sp³-hybridized carbons (Fsp3) is 0. The second-order valence-corrected chi connectivity index (χ2v) is 0. The van der Waals surface area contributed by atoms with Crippen molar-refractivity contribution in [2.45, 2.75) is 0 Å². The van der Waals surface area contributed by atoms with Crippen molar-refractivity contribution >= 4 is 60.8 Å². The zero-order chi connectivity index (χ0) is 0. The maximum atomic E-state index is 0. The van der Waals surface area contributed by atoms with Gasteiger partial charge in [0.1, 0.15) is 0 Å². The van der Waals surface area contributed by atoms with Crippen molar-refractivity contribution < 1.29 is 33.3 Å². The molecular formula is CaCoMgNi. The number of rotatable bonds is 0. The molecule has 0 aliphatic rings. The Kier molecular flexibility index (Phi) is 116. The first-order valence-electron chi connectivity index (χ1n) is 0. The van der Waals surface area contributed by atoms with Gasteiger partial charge in [-0.25, -0.2) is 0 Å². The molecule has 0 rings (SSSR count). The normalized spacial score (nSPS) is 0. The molecule has 0 fully saturated rings. The van der Waals surface area contributed by atoms with Crippen LogP contribution in [0.25, 0.3) is 0 Å². The van der Waals surface area contributed by atoms with E-state index in [9.17, 15) is 0 Å². The molecule has 4 heteroatoms. The van der Waals surface area contributed by atoms with Gasteiger partial charge in [-0.05, 0) is 0 Å². The molecule has 0 aliphatic carbocycles. The van der Waals surface area contributed by atoms with E-state index in [1.54, 1.807) is 0 Å². The molecule has 0 aliphatic heterocycles. The predicted molar refractivity (Wildman–Crippen MR) is 11.5 cm³/mol. The second-order valence-electron chi connectivity index (χ2n) is 0. The van der Waals surface area contributed by atoms with Crippen LogP contribution in [-0.2, 0) is 33.3 Å². The summed E-state index contributed by atoms with van der Waals surface area (Å²) in [6.45, 7) is 0. The van der Waals surface area contributed by atoms with Crippen molar-refractivity contribution in [1.82, 2.24) is 0 Å². The summed E-state index contributed by atoms with van der Waals surface area (Å²) >= 11 is 0. The standard InChI is InChI=1S/Ca.Co.Mg.Ni. The molecule has 23 valence electrons. The molecule has 0 saturated heterocycles. The molecule has 4 heavy (non-hydrogen) atoms. The minimum Gasteiger partial charge on any atom is 0 e. The molecule has 0 heterocycles. The summed E-state index contributed by atoms with van der Waals surface area (Å²) in [7, 11) is 0. The van der Waals surface area contributed by atoms with Gasteiger partial charge in [0.05, 0.1) is 0 Å². The van der Waals surface area contributed by atoms with Crippen LogP contribution in [0.3, 0.4) is 0 Å². The Bertz CT molecular complexity index is 8.00. The van der Waals surface area contributed by atoms with E-state index in [-0.39, 0.29) is 94.1 Å². The molecule has 0 bridgehead atoms. The fourth-order valence-corrected chi connectivity index (χ4v) is 0. The summed E-state index contributed by atoms with van der Waals surface area (Å²) in [6, 6.07) is 0. The first-order chi connectivity index (χ1) is 0. The van der Waals surface area contributed by atoms with Crippen LogP contribution in [0.5, 0.6) is 0 Å². The molecule has 0 aromatic heterocycles. The van der Waals surface area contributed by atoms with E-state index in [2.05, 4.69) is 0 Å². The Labute approximate surface area is 92.1 Å². The molecule has 0 atom stereocenters. The predicted octanol–water partition coefficient (Wildman–Crippen LogP) is -0.767. The minimum absolute atomic E-state index is 0. The summed E-state index contributed by atoms with van der Waals surface area (Å²) in [6.07, 6.45) is 0. The third-order valence-corrected chi connectivity index (χ3v) is 0. The van der Waals surface area contributed by atoms with Crippen LogP contribution >= 0.6 is 0 Å². The largest absolute Gasteiger partial charge is 0 e. The van der Waals surface area contributed by atoms with E-state index in [1.165, 1.54) is 0 Å². The van der Waals surface area contributed by atoms with Crippen LogP contribution in [0.15, 0.2) is 0 Å². The molecule has 0 unspecified atom stereocenters. The van der Waals surface area contributed by atoms with Crippen molar-refractivity contribution in [2.75, 3.05) is 0 Å². The second kappa shape index (κ2) is 16.6. The van der Waals surface area contributed by atoms with Crippen LogP contribution in [0, 0.1) is 0 Å². The van der Waals surface area contributed by atoms with Gasteiger partial charge in [0.2, 0.25) is 0 Å². The first kappa shape index (κ1) is 27.9. The molecule has 0 aromatic carbocycles. The summed E-state index contributed by atoms with van der Waals surface area (Å²) in [5.74, 6) is 0. The monoisotopic (exact) mass is 181 g/mol. The van der Waals surface area contributed by atoms with Gasteiger partial charge in [0.25, 0.3) is 0 Å². The smallest absolute Gasteiger partial charge is 0 e. The van der Waals surface area contributed by atoms with Gasteiger partial charge in [0.15, 0.2) is 0 Å². The quantitative estimate of drug-likeness (QED) is 0.431. The SMILES string of the molecule is [Ca].[Co].[Mg].[Ni]. The zero-order valence-electron chi connectivity index (χ0n) is 2.06.